The Hall–Kier alpha value is -4.52. The summed E-state index contributed by atoms with van der Waals surface area (Å²) in [4.78, 5) is 13.1. The molecule has 4 nitrogen and oxygen atoms in total. The van der Waals surface area contributed by atoms with Crippen molar-refractivity contribution in [3.05, 3.63) is 141 Å². The molecule has 40 heavy (non-hydrogen) atoms. The van der Waals surface area contributed by atoms with Gasteiger partial charge in [0, 0.05) is 5.92 Å². The van der Waals surface area contributed by atoms with Gasteiger partial charge in [0.25, 0.3) is 0 Å². The first-order valence-corrected chi connectivity index (χ1v) is 13.0. The Morgan fingerprint density at radius 2 is 1.57 bits per heavy atom. The monoisotopic (exact) mass is 542 g/mol. The first-order valence-electron chi connectivity index (χ1n) is 13.0. The molecule has 1 N–H and O–H groups in total. The van der Waals surface area contributed by atoms with E-state index in [1.54, 1.807) is 24.3 Å². The Kier molecular flexibility index (Phi) is 6.58. The molecule has 6 rings (SSSR count). The van der Waals surface area contributed by atoms with Gasteiger partial charge in [-0.3, -0.25) is 0 Å². The van der Waals surface area contributed by atoms with Gasteiger partial charge < -0.3 is 14.3 Å². The summed E-state index contributed by atoms with van der Waals surface area (Å²) < 4.78 is 49.8. The van der Waals surface area contributed by atoms with Gasteiger partial charge in [0.2, 0.25) is 0 Å². The van der Waals surface area contributed by atoms with E-state index in [9.17, 15) is 23.1 Å². The second-order valence-corrected chi connectivity index (χ2v) is 10.1. The van der Waals surface area contributed by atoms with Crippen molar-refractivity contribution in [1.29, 1.82) is 0 Å². The molecule has 0 spiro atoms. The SMILES string of the molecule is O=c1oc2ccccc2c(O)c1[C@@H]1C[C@H](c2ccc(OCc3ccc(C(F)(F)F)cc3)cc2)Cc2ccccc21. The second-order valence-electron chi connectivity index (χ2n) is 10.1. The largest absolute Gasteiger partial charge is 0.507 e. The number of aromatic hydroxyl groups is 1. The molecule has 0 unspecified atom stereocenters. The molecule has 1 aromatic heterocycles. The van der Waals surface area contributed by atoms with E-state index < -0.39 is 17.4 Å². The molecule has 0 fully saturated rings. The van der Waals surface area contributed by atoms with Crippen LogP contribution < -0.4 is 10.4 Å². The van der Waals surface area contributed by atoms with Gasteiger partial charge in [-0.25, -0.2) is 4.79 Å². The number of halogens is 3. The minimum Gasteiger partial charge on any atom is -0.507 e. The number of rotatable bonds is 5. The number of hydrogen-bond donors (Lipinski definition) is 1. The van der Waals surface area contributed by atoms with E-state index in [2.05, 4.69) is 6.07 Å². The molecule has 5 aromatic rings. The molecule has 0 aliphatic heterocycles. The van der Waals surface area contributed by atoms with Crippen LogP contribution in [0.25, 0.3) is 11.0 Å². The molecule has 7 heteroatoms. The Balaban J connectivity index is 1.24. The molecule has 0 saturated heterocycles. The standard InChI is InChI=1S/C33H25F3O4/c34-33(35,36)24-13-9-20(10-14-24)19-39-25-15-11-21(12-16-25)23-17-22-5-1-2-6-26(22)28(18-23)30-31(37)27-7-3-4-8-29(27)40-32(30)38/h1-16,23,28,37H,17-19H2/t23-,28-/m1/s1. The Labute approximate surface area is 228 Å². The van der Waals surface area contributed by atoms with Crippen molar-refractivity contribution in [3.63, 3.8) is 0 Å². The maximum absolute atomic E-state index is 13.1. The quantitative estimate of drug-likeness (QED) is 0.229. The summed E-state index contributed by atoms with van der Waals surface area (Å²) in [5, 5.41) is 11.7. The molecular formula is C33H25F3O4. The molecule has 0 saturated carbocycles. The zero-order chi connectivity index (χ0) is 27.9. The van der Waals surface area contributed by atoms with E-state index in [4.69, 9.17) is 9.15 Å². The van der Waals surface area contributed by atoms with Crippen molar-refractivity contribution in [2.24, 2.45) is 0 Å². The van der Waals surface area contributed by atoms with Crippen molar-refractivity contribution in [2.45, 2.75) is 37.5 Å². The van der Waals surface area contributed by atoms with Gasteiger partial charge in [-0.2, -0.15) is 13.2 Å². The molecule has 202 valence electrons. The molecular weight excluding hydrogens is 517 g/mol. The Morgan fingerprint density at radius 3 is 2.33 bits per heavy atom. The van der Waals surface area contributed by atoms with E-state index in [1.165, 1.54) is 12.1 Å². The number of benzene rings is 4. The summed E-state index contributed by atoms with van der Waals surface area (Å²) in [5.74, 6) is 0.295. The molecule has 2 atom stereocenters. The number of hydrogen-bond acceptors (Lipinski definition) is 4. The van der Waals surface area contributed by atoms with Gasteiger partial charge in [-0.15, -0.1) is 0 Å². The summed E-state index contributed by atoms with van der Waals surface area (Å²) in [5.41, 5.74) is 3.20. The van der Waals surface area contributed by atoms with Crippen molar-refractivity contribution in [1.82, 2.24) is 0 Å². The fourth-order valence-electron chi connectivity index (χ4n) is 5.60. The lowest BCUT2D eigenvalue weighted by Gasteiger charge is -2.32. The second kappa shape index (κ2) is 10.2. The normalized spacial score (nSPS) is 17.0. The van der Waals surface area contributed by atoms with Crippen LogP contribution >= 0.6 is 0 Å². The first-order chi connectivity index (χ1) is 19.3. The molecule has 1 aliphatic rings. The lowest BCUT2D eigenvalue weighted by Crippen LogP contribution is -2.23. The maximum atomic E-state index is 13.1. The number of ether oxygens (including phenoxy) is 1. The average Bonchev–Trinajstić information content (AvgIpc) is 2.96. The van der Waals surface area contributed by atoms with Crippen LogP contribution in [0.2, 0.25) is 0 Å². The van der Waals surface area contributed by atoms with Crippen LogP contribution in [-0.4, -0.2) is 5.11 Å². The van der Waals surface area contributed by atoms with Crippen LogP contribution in [-0.2, 0) is 19.2 Å². The summed E-state index contributed by atoms with van der Waals surface area (Å²) in [7, 11) is 0. The summed E-state index contributed by atoms with van der Waals surface area (Å²) >= 11 is 0. The Morgan fingerprint density at radius 1 is 0.875 bits per heavy atom. The zero-order valence-electron chi connectivity index (χ0n) is 21.3. The van der Waals surface area contributed by atoms with Crippen LogP contribution in [0.3, 0.4) is 0 Å². The molecule has 4 aromatic carbocycles. The van der Waals surface area contributed by atoms with E-state index >= 15 is 0 Å². The highest BCUT2D eigenvalue weighted by atomic mass is 19.4. The molecule has 1 aliphatic carbocycles. The molecule has 1 heterocycles. The molecule has 0 amide bonds. The minimum atomic E-state index is -4.37. The van der Waals surface area contributed by atoms with Crippen molar-refractivity contribution < 1.29 is 27.4 Å². The average molecular weight is 543 g/mol. The smallest absolute Gasteiger partial charge is 0.416 e. The van der Waals surface area contributed by atoms with E-state index in [1.807, 2.05) is 42.5 Å². The number of para-hydroxylation sites is 1. The number of alkyl halides is 3. The van der Waals surface area contributed by atoms with Crippen molar-refractivity contribution in [3.8, 4) is 11.5 Å². The topological polar surface area (TPSA) is 59.7 Å². The predicted octanol–water partition coefficient (Wildman–Crippen LogP) is 7.96. The van der Waals surface area contributed by atoms with Crippen molar-refractivity contribution in [2.75, 3.05) is 0 Å². The van der Waals surface area contributed by atoms with Gasteiger partial charge in [0.1, 0.15) is 23.7 Å². The first kappa shape index (κ1) is 25.7. The zero-order valence-corrected chi connectivity index (χ0v) is 21.3. The van der Waals surface area contributed by atoms with Gasteiger partial charge in [-0.1, -0.05) is 60.7 Å². The highest BCUT2D eigenvalue weighted by molar-refractivity contribution is 5.84. The van der Waals surface area contributed by atoms with Crippen LogP contribution in [0.15, 0.2) is 106 Å². The predicted molar refractivity (Wildman–Crippen MR) is 146 cm³/mol. The summed E-state index contributed by atoms with van der Waals surface area (Å²) in [6.45, 7) is 0.146. The third-order valence-corrected chi connectivity index (χ3v) is 7.62. The third kappa shape index (κ3) is 4.95. The highest BCUT2D eigenvalue weighted by Gasteiger charge is 2.33. The fourth-order valence-corrected chi connectivity index (χ4v) is 5.60. The highest BCUT2D eigenvalue weighted by Crippen LogP contribution is 2.45. The van der Waals surface area contributed by atoms with Gasteiger partial charge in [-0.05, 0) is 77.4 Å². The lowest BCUT2D eigenvalue weighted by atomic mass is 9.72. The molecule has 0 bridgehead atoms. The van der Waals surface area contributed by atoms with Crippen LogP contribution in [0, 0.1) is 0 Å². The van der Waals surface area contributed by atoms with E-state index in [0.717, 1.165) is 35.2 Å². The fraction of sp³-hybridized carbons (Fsp3) is 0.182. The maximum Gasteiger partial charge on any atom is 0.416 e. The summed E-state index contributed by atoms with van der Waals surface area (Å²) in [6.07, 6.45) is -2.98. The van der Waals surface area contributed by atoms with Crippen LogP contribution in [0.4, 0.5) is 13.2 Å². The third-order valence-electron chi connectivity index (χ3n) is 7.62. The van der Waals surface area contributed by atoms with Gasteiger partial charge >= 0.3 is 11.8 Å². The Bertz CT molecular complexity index is 1720. The number of fused-ring (bicyclic) bond motifs is 2. The van der Waals surface area contributed by atoms with E-state index in [-0.39, 0.29) is 29.8 Å². The summed E-state index contributed by atoms with van der Waals surface area (Å²) in [6, 6.07) is 27.5. The van der Waals surface area contributed by atoms with Crippen LogP contribution in [0.5, 0.6) is 11.5 Å². The van der Waals surface area contributed by atoms with Gasteiger partial charge in [0.15, 0.2) is 0 Å². The minimum absolute atomic E-state index is 0.0423. The van der Waals surface area contributed by atoms with Crippen molar-refractivity contribution >= 4 is 11.0 Å². The van der Waals surface area contributed by atoms with E-state index in [0.29, 0.717) is 28.7 Å². The molecule has 0 radical (unpaired) electrons. The van der Waals surface area contributed by atoms with Crippen LogP contribution in [0.1, 0.15) is 51.6 Å². The lowest BCUT2D eigenvalue weighted by molar-refractivity contribution is -0.137. The van der Waals surface area contributed by atoms with Gasteiger partial charge in [0.05, 0.1) is 16.5 Å².